The van der Waals surface area contributed by atoms with Crippen LogP contribution in [-0.2, 0) is 4.79 Å². The fraction of sp³-hybridized carbons (Fsp3) is 0.524. The highest BCUT2D eigenvalue weighted by Gasteiger charge is 2.45. The summed E-state index contributed by atoms with van der Waals surface area (Å²) in [5.74, 6) is 2.17. The fourth-order valence-corrected chi connectivity index (χ4v) is 4.47. The zero-order valence-corrected chi connectivity index (χ0v) is 16.8. The van der Waals surface area contributed by atoms with Crippen LogP contribution >= 0.6 is 0 Å². The molecule has 1 aliphatic carbocycles. The van der Waals surface area contributed by atoms with Crippen LogP contribution in [0.3, 0.4) is 0 Å². The Kier molecular flexibility index (Phi) is 4.80. The molecule has 2 aliphatic heterocycles. The topological polar surface area (TPSA) is 107 Å². The van der Waals surface area contributed by atoms with E-state index in [0.717, 1.165) is 24.8 Å². The van der Waals surface area contributed by atoms with Crippen molar-refractivity contribution < 1.29 is 23.6 Å². The van der Waals surface area contributed by atoms with Crippen LogP contribution in [0.1, 0.15) is 50.8 Å². The lowest BCUT2D eigenvalue weighted by atomic mass is 9.76. The number of ether oxygens (including phenoxy) is 2. The Morgan fingerprint density at radius 3 is 2.93 bits per heavy atom. The lowest BCUT2D eigenvalue weighted by molar-refractivity contribution is -0.136. The molecule has 3 heterocycles. The van der Waals surface area contributed by atoms with Crippen LogP contribution in [0.5, 0.6) is 11.5 Å². The van der Waals surface area contributed by atoms with Gasteiger partial charge in [-0.15, -0.1) is 0 Å². The number of unbranched alkanes of at least 4 members (excludes halogenated alkanes) is 1. The third-order valence-electron chi connectivity index (χ3n) is 6.14. The predicted octanol–water partition coefficient (Wildman–Crippen LogP) is 3.07. The average molecular weight is 412 g/mol. The van der Waals surface area contributed by atoms with E-state index in [4.69, 9.17) is 14.0 Å². The summed E-state index contributed by atoms with van der Waals surface area (Å²) in [4.78, 5) is 31.2. The van der Waals surface area contributed by atoms with Gasteiger partial charge in [-0.25, -0.2) is 4.79 Å². The molecule has 1 aromatic carbocycles. The second-order valence-corrected chi connectivity index (χ2v) is 8.04. The number of hydrogen-bond donors (Lipinski definition) is 1. The molecule has 9 heteroatoms. The monoisotopic (exact) mass is 412 g/mol. The molecule has 158 valence electrons. The van der Waals surface area contributed by atoms with Crippen molar-refractivity contribution in [1.29, 1.82) is 0 Å². The number of fused-ring (bicyclic) bond motifs is 2. The molecule has 30 heavy (non-hydrogen) atoms. The summed E-state index contributed by atoms with van der Waals surface area (Å²) >= 11 is 0. The van der Waals surface area contributed by atoms with Gasteiger partial charge in [0, 0.05) is 24.1 Å². The Morgan fingerprint density at radius 1 is 1.20 bits per heavy atom. The first-order chi connectivity index (χ1) is 14.6. The zero-order valence-electron chi connectivity index (χ0n) is 16.8. The molecular formula is C21H24N4O5. The normalized spacial score (nSPS) is 25.2. The van der Waals surface area contributed by atoms with Gasteiger partial charge in [0.25, 0.3) is 0 Å². The van der Waals surface area contributed by atoms with E-state index >= 15 is 0 Å². The number of carbonyl (C=O) groups excluding carboxylic acids is 2. The summed E-state index contributed by atoms with van der Waals surface area (Å²) in [5, 5.41) is 7.14. The van der Waals surface area contributed by atoms with Crippen molar-refractivity contribution in [2.24, 2.45) is 5.92 Å². The largest absolute Gasteiger partial charge is 0.454 e. The Morgan fingerprint density at radius 2 is 2.07 bits per heavy atom. The van der Waals surface area contributed by atoms with Crippen molar-refractivity contribution in [2.75, 3.05) is 13.3 Å². The molecule has 1 saturated carbocycles. The summed E-state index contributed by atoms with van der Waals surface area (Å²) in [5.41, 5.74) is 0.788. The van der Waals surface area contributed by atoms with Crippen molar-refractivity contribution in [3.8, 4) is 22.9 Å². The highest BCUT2D eigenvalue weighted by molar-refractivity contribution is 5.98. The quantitative estimate of drug-likeness (QED) is 0.804. The minimum atomic E-state index is -0.290. The van der Waals surface area contributed by atoms with E-state index in [1.807, 2.05) is 25.1 Å². The molecule has 1 aromatic heterocycles. The van der Waals surface area contributed by atoms with Gasteiger partial charge in [0.05, 0.1) is 5.92 Å². The first kappa shape index (κ1) is 18.9. The van der Waals surface area contributed by atoms with Gasteiger partial charge in [-0.2, -0.15) is 4.98 Å². The minimum absolute atomic E-state index is 0.0109. The first-order valence-electron chi connectivity index (χ1n) is 10.5. The van der Waals surface area contributed by atoms with E-state index in [2.05, 4.69) is 15.5 Å². The fourth-order valence-electron chi connectivity index (χ4n) is 4.47. The molecular weight excluding hydrogens is 388 g/mol. The number of nitrogens with zero attached hydrogens (tertiary/aromatic N) is 3. The Labute approximate surface area is 173 Å². The van der Waals surface area contributed by atoms with Crippen molar-refractivity contribution in [2.45, 2.75) is 51.0 Å². The van der Waals surface area contributed by atoms with Gasteiger partial charge in [-0.1, -0.05) is 18.5 Å². The SMILES string of the molecule is CCCCN1C(=O)NC2CC(c3nc(-c4ccc5c(c4)OCO5)no3)CCC2C1=O. The molecule has 2 aromatic rings. The summed E-state index contributed by atoms with van der Waals surface area (Å²) in [7, 11) is 0. The summed E-state index contributed by atoms with van der Waals surface area (Å²) in [6.45, 7) is 2.74. The molecule has 9 nitrogen and oxygen atoms in total. The van der Waals surface area contributed by atoms with Crippen LogP contribution in [0, 0.1) is 5.92 Å². The van der Waals surface area contributed by atoms with Gasteiger partial charge in [-0.05, 0) is 43.9 Å². The second-order valence-electron chi connectivity index (χ2n) is 8.04. The molecule has 1 N–H and O–H groups in total. The maximum atomic E-state index is 12.8. The lowest BCUT2D eigenvalue weighted by Gasteiger charge is -2.41. The molecule has 0 radical (unpaired) electrons. The molecule has 3 unspecified atom stereocenters. The highest BCUT2D eigenvalue weighted by atomic mass is 16.7. The third kappa shape index (κ3) is 3.28. The number of aromatic nitrogens is 2. The summed E-state index contributed by atoms with van der Waals surface area (Å²) in [6.07, 6.45) is 3.85. The summed E-state index contributed by atoms with van der Waals surface area (Å²) in [6, 6.07) is 5.04. The van der Waals surface area contributed by atoms with Gasteiger partial charge in [0.1, 0.15) is 0 Å². The number of imide groups is 1. The summed E-state index contributed by atoms with van der Waals surface area (Å²) < 4.78 is 16.3. The maximum absolute atomic E-state index is 12.8. The zero-order chi connectivity index (χ0) is 20.7. The van der Waals surface area contributed by atoms with Crippen molar-refractivity contribution in [3.05, 3.63) is 24.1 Å². The lowest BCUT2D eigenvalue weighted by Crippen LogP contribution is -2.61. The number of hydrogen-bond acceptors (Lipinski definition) is 7. The van der Waals surface area contributed by atoms with Gasteiger partial charge in [0.2, 0.25) is 24.4 Å². The molecule has 0 spiro atoms. The van der Waals surface area contributed by atoms with E-state index in [0.29, 0.717) is 42.6 Å². The molecule has 3 aliphatic rings. The number of nitrogens with one attached hydrogen (secondary N) is 1. The minimum Gasteiger partial charge on any atom is -0.454 e. The van der Waals surface area contributed by atoms with Crippen LogP contribution in [0.4, 0.5) is 4.79 Å². The molecule has 5 rings (SSSR count). The molecule has 3 atom stereocenters. The number of rotatable bonds is 5. The molecule has 0 bridgehead atoms. The van der Waals surface area contributed by atoms with Crippen molar-refractivity contribution in [3.63, 3.8) is 0 Å². The van der Waals surface area contributed by atoms with Crippen LogP contribution in [0.25, 0.3) is 11.4 Å². The third-order valence-corrected chi connectivity index (χ3v) is 6.14. The molecule has 1 saturated heterocycles. The van der Waals surface area contributed by atoms with Crippen LogP contribution in [0.2, 0.25) is 0 Å². The number of carbonyl (C=O) groups is 2. The van der Waals surface area contributed by atoms with Crippen LogP contribution in [0.15, 0.2) is 22.7 Å². The maximum Gasteiger partial charge on any atom is 0.324 e. The standard InChI is InChI=1S/C21H24N4O5/c1-2-3-8-25-20(26)14-6-4-13(9-15(14)22-21(25)27)19-23-18(24-30-19)12-5-7-16-17(10-12)29-11-28-16/h5,7,10,13-15H,2-4,6,8-9,11H2,1H3,(H,22,27). The van der Waals surface area contributed by atoms with Crippen LogP contribution in [-0.4, -0.2) is 46.4 Å². The van der Waals surface area contributed by atoms with Crippen LogP contribution < -0.4 is 14.8 Å². The van der Waals surface area contributed by atoms with E-state index in [1.54, 1.807) is 0 Å². The van der Waals surface area contributed by atoms with Gasteiger partial charge in [-0.3, -0.25) is 9.69 Å². The number of benzene rings is 1. The van der Waals surface area contributed by atoms with E-state index in [1.165, 1.54) is 4.90 Å². The van der Waals surface area contributed by atoms with Crippen molar-refractivity contribution in [1.82, 2.24) is 20.4 Å². The van der Waals surface area contributed by atoms with Gasteiger partial charge < -0.3 is 19.3 Å². The van der Waals surface area contributed by atoms with Crippen molar-refractivity contribution >= 4 is 11.9 Å². The smallest absolute Gasteiger partial charge is 0.324 e. The van der Waals surface area contributed by atoms with E-state index < -0.39 is 0 Å². The second kappa shape index (κ2) is 7.62. The van der Waals surface area contributed by atoms with E-state index in [-0.39, 0.29) is 36.6 Å². The molecule has 2 fully saturated rings. The number of urea groups is 1. The Balaban J connectivity index is 1.29. The first-order valence-corrected chi connectivity index (χ1v) is 10.5. The average Bonchev–Trinajstić information content (AvgIpc) is 3.42. The predicted molar refractivity (Wildman–Crippen MR) is 105 cm³/mol. The van der Waals surface area contributed by atoms with Gasteiger partial charge in [0.15, 0.2) is 11.5 Å². The Hall–Kier alpha value is -3.10. The number of amides is 3. The highest BCUT2D eigenvalue weighted by Crippen LogP contribution is 2.39. The van der Waals surface area contributed by atoms with Gasteiger partial charge >= 0.3 is 6.03 Å². The van der Waals surface area contributed by atoms with E-state index in [9.17, 15) is 9.59 Å². The molecule has 3 amide bonds. The Bertz CT molecular complexity index is 974.